The van der Waals surface area contributed by atoms with Crippen LogP contribution >= 0.6 is 0 Å². The Kier molecular flexibility index (Phi) is 5.83. The highest BCUT2D eigenvalue weighted by atomic mass is 16.5. The van der Waals surface area contributed by atoms with Crippen molar-refractivity contribution in [2.24, 2.45) is 0 Å². The van der Waals surface area contributed by atoms with Crippen molar-refractivity contribution < 1.29 is 9.15 Å². The molecule has 0 saturated carbocycles. The van der Waals surface area contributed by atoms with Gasteiger partial charge in [0.25, 0.3) is 0 Å². The van der Waals surface area contributed by atoms with Crippen molar-refractivity contribution in [1.29, 1.82) is 0 Å². The molecule has 0 aliphatic rings. The number of benzene rings is 1. The molecule has 0 atom stereocenters. The second kappa shape index (κ2) is 7.87. The molecular weight excluding hydrogens is 256 g/mol. The van der Waals surface area contributed by atoms with E-state index in [2.05, 4.69) is 12.2 Å². The van der Waals surface area contributed by atoms with Crippen LogP contribution in [0.1, 0.15) is 19.8 Å². The van der Waals surface area contributed by atoms with Gasteiger partial charge in [0.1, 0.15) is 0 Å². The normalized spacial score (nSPS) is 11.2. The Morgan fingerprint density at radius 1 is 1.25 bits per heavy atom. The zero-order chi connectivity index (χ0) is 14.2. The lowest BCUT2D eigenvalue weighted by molar-refractivity contribution is 0.133. The summed E-state index contributed by atoms with van der Waals surface area (Å²) < 4.78 is 12.3. The molecule has 0 amide bonds. The van der Waals surface area contributed by atoms with E-state index in [0.717, 1.165) is 38.1 Å². The van der Waals surface area contributed by atoms with E-state index in [0.29, 0.717) is 18.7 Å². The second-order valence-corrected chi connectivity index (χ2v) is 4.70. The van der Waals surface area contributed by atoms with E-state index in [4.69, 9.17) is 9.15 Å². The maximum absolute atomic E-state index is 11.7. The van der Waals surface area contributed by atoms with Gasteiger partial charge in [-0.2, -0.15) is 0 Å². The summed E-state index contributed by atoms with van der Waals surface area (Å²) in [5.74, 6) is -0.299. The van der Waals surface area contributed by atoms with Crippen LogP contribution in [0, 0.1) is 0 Å². The summed E-state index contributed by atoms with van der Waals surface area (Å²) in [7, 11) is 0. The van der Waals surface area contributed by atoms with E-state index in [1.54, 1.807) is 4.57 Å². The van der Waals surface area contributed by atoms with E-state index >= 15 is 0 Å². The number of para-hydroxylation sites is 2. The highest BCUT2D eigenvalue weighted by molar-refractivity contribution is 5.72. The van der Waals surface area contributed by atoms with E-state index < -0.39 is 0 Å². The van der Waals surface area contributed by atoms with Gasteiger partial charge in [0, 0.05) is 26.2 Å². The molecule has 1 N–H and O–H groups in total. The topological polar surface area (TPSA) is 56.4 Å². The fraction of sp³-hybridized carbons (Fsp3) is 0.533. The monoisotopic (exact) mass is 278 g/mol. The van der Waals surface area contributed by atoms with Crippen molar-refractivity contribution in [3.05, 3.63) is 34.8 Å². The summed E-state index contributed by atoms with van der Waals surface area (Å²) >= 11 is 0. The van der Waals surface area contributed by atoms with Crippen molar-refractivity contribution in [1.82, 2.24) is 9.88 Å². The van der Waals surface area contributed by atoms with Crippen LogP contribution in [0.4, 0.5) is 0 Å². The predicted molar refractivity (Wildman–Crippen MR) is 79.1 cm³/mol. The number of ether oxygens (including phenoxy) is 1. The fourth-order valence-electron chi connectivity index (χ4n) is 2.03. The predicted octanol–water partition coefficient (Wildman–Crippen LogP) is 2.00. The second-order valence-electron chi connectivity index (χ2n) is 4.70. The van der Waals surface area contributed by atoms with Crippen LogP contribution in [0.25, 0.3) is 11.1 Å². The van der Waals surface area contributed by atoms with Crippen molar-refractivity contribution in [2.45, 2.75) is 26.3 Å². The lowest BCUT2D eigenvalue weighted by Gasteiger charge is -2.06. The largest absolute Gasteiger partial charge is 0.419 e. The molecule has 0 radical (unpaired) electrons. The maximum Gasteiger partial charge on any atom is 0.419 e. The number of oxazole rings is 1. The molecule has 5 heteroatoms. The summed E-state index contributed by atoms with van der Waals surface area (Å²) in [5.41, 5.74) is 1.49. The van der Waals surface area contributed by atoms with E-state index in [1.165, 1.54) is 0 Å². The SMILES string of the molecule is CCCCOCCNCCn1c(=O)oc2ccccc21. The molecule has 5 nitrogen and oxygen atoms in total. The molecule has 0 fully saturated rings. The Hall–Kier alpha value is -1.59. The van der Waals surface area contributed by atoms with Crippen LogP contribution in [-0.2, 0) is 11.3 Å². The minimum Gasteiger partial charge on any atom is -0.408 e. The Morgan fingerprint density at radius 3 is 2.95 bits per heavy atom. The lowest BCUT2D eigenvalue weighted by Crippen LogP contribution is -2.27. The Bertz CT molecular complexity index is 574. The third-order valence-electron chi connectivity index (χ3n) is 3.15. The summed E-state index contributed by atoms with van der Waals surface area (Å²) in [4.78, 5) is 11.7. The quantitative estimate of drug-likeness (QED) is 0.713. The molecule has 0 bridgehead atoms. The third kappa shape index (κ3) is 3.95. The zero-order valence-electron chi connectivity index (χ0n) is 11.9. The molecule has 0 unspecified atom stereocenters. The van der Waals surface area contributed by atoms with E-state index in [-0.39, 0.29) is 5.76 Å². The maximum atomic E-state index is 11.7. The molecule has 0 saturated heterocycles. The summed E-state index contributed by atoms with van der Waals surface area (Å²) in [6.07, 6.45) is 2.26. The summed E-state index contributed by atoms with van der Waals surface area (Å²) in [6, 6.07) is 7.47. The Labute approximate surface area is 118 Å². The average Bonchev–Trinajstić information content (AvgIpc) is 2.78. The number of rotatable bonds is 9. The molecule has 1 heterocycles. The summed E-state index contributed by atoms with van der Waals surface area (Å²) in [5, 5.41) is 3.27. The minimum absolute atomic E-state index is 0.299. The smallest absolute Gasteiger partial charge is 0.408 e. The van der Waals surface area contributed by atoms with Crippen molar-refractivity contribution in [3.63, 3.8) is 0 Å². The van der Waals surface area contributed by atoms with Gasteiger partial charge < -0.3 is 14.5 Å². The van der Waals surface area contributed by atoms with Gasteiger partial charge in [-0.25, -0.2) is 4.79 Å². The van der Waals surface area contributed by atoms with Crippen LogP contribution in [0.15, 0.2) is 33.5 Å². The van der Waals surface area contributed by atoms with E-state index in [9.17, 15) is 4.79 Å². The molecule has 1 aromatic carbocycles. The minimum atomic E-state index is -0.299. The highest BCUT2D eigenvalue weighted by Gasteiger charge is 2.07. The van der Waals surface area contributed by atoms with Crippen LogP contribution in [-0.4, -0.2) is 30.9 Å². The van der Waals surface area contributed by atoms with Crippen LogP contribution in [0.3, 0.4) is 0 Å². The number of hydrogen-bond donors (Lipinski definition) is 1. The molecule has 0 aliphatic carbocycles. The van der Waals surface area contributed by atoms with Crippen LogP contribution < -0.4 is 11.1 Å². The Balaban J connectivity index is 1.73. The molecule has 20 heavy (non-hydrogen) atoms. The standard InChI is InChI=1S/C15H22N2O3/c1-2-3-11-19-12-9-16-8-10-17-13-6-4-5-7-14(13)20-15(17)18/h4-7,16H,2-3,8-12H2,1H3. The molecule has 2 aromatic rings. The third-order valence-corrected chi connectivity index (χ3v) is 3.15. The van der Waals surface area contributed by atoms with Gasteiger partial charge in [0.15, 0.2) is 5.58 Å². The first-order chi connectivity index (χ1) is 9.83. The highest BCUT2D eigenvalue weighted by Crippen LogP contribution is 2.10. The van der Waals surface area contributed by atoms with Gasteiger partial charge in [-0.05, 0) is 18.6 Å². The number of nitrogens with zero attached hydrogens (tertiary/aromatic N) is 1. The molecule has 2 rings (SSSR count). The van der Waals surface area contributed by atoms with Crippen molar-refractivity contribution in [3.8, 4) is 0 Å². The molecule has 0 aliphatic heterocycles. The van der Waals surface area contributed by atoms with Gasteiger partial charge >= 0.3 is 5.76 Å². The van der Waals surface area contributed by atoms with E-state index in [1.807, 2.05) is 24.3 Å². The number of hydrogen-bond acceptors (Lipinski definition) is 4. The molecule has 110 valence electrons. The number of nitrogens with one attached hydrogen (secondary N) is 1. The first kappa shape index (κ1) is 14.8. The van der Waals surface area contributed by atoms with Crippen molar-refractivity contribution in [2.75, 3.05) is 26.3 Å². The van der Waals surface area contributed by atoms with Crippen LogP contribution in [0.2, 0.25) is 0 Å². The van der Waals surface area contributed by atoms with Gasteiger partial charge in [-0.3, -0.25) is 4.57 Å². The number of unbranched alkanes of at least 4 members (excludes halogenated alkanes) is 1. The number of fused-ring (bicyclic) bond motifs is 1. The Morgan fingerprint density at radius 2 is 2.10 bits per heavy atom. The van der Waals surface area contributed by atoms with Gasteiger partial charge in [0.2, 0.25) is 0 Å². The number of aromatic nitrogens is 1. The first-order valence-corrected chi connectivity index (χ1v) is 7.19. The average molecular weight is 278 g/mol. The van der Waals surface area contributed by atoms with Gasteiger partial charge in [0.05, 0.1) is 12.1 Å². The lowest BCUT2D eigenvalue weighted by atomic mass is 10.3. The zero-order valence-corrected chi connectivity index (χ0v) is 11.9. The van der Waals surface area contributed by atoms with Crippen LogP contribution in [0.5, 0.6) is 0 Å². The molecular formula is C15H22N2O3. The van der Waals surface area contributed by atoms with Crippen molar-refractivity contribution >= 4 is 11.1 Å². The fourth-order valence-corrected chi connectivity index (χ4v) is 2.03. The van der Waals surface area contributed by atoms with Gasteiger partial charge in [-0.1, -0.05) is 25.5 Å². The molecule has 1 aromatic heterocycles. The first-order valence-electron chi connectivity index (χ1n) is 7.19. The van der Waals surface area contributed by atoms with Gasteiger partial charge in [-0.15, -0.1) is 0 Å². The molecule has 0 spiro atoms. The summed E-state index contributed by atoms with van der Waals surface area (Å²) in [6.45, 7) is 5.80.